The highest BCUT2D eigenvalue weighted by molar-refractivity contribution is 7.99. The number of Topliss-reactive ketones (excluding diaryl/α,β-unsaturated/α-hetero) is 2. The van der Waals surface area contributed by atoms with Gasteiger partial charge >= 0.3 is 0 Å². The molecule has 2 saturated heterocycles. The van der Waals surface area contributed by atoms with Gasteiger partial charge in [0.2, 0.25) is 22.2 Å². The van der Waals surface area contributed by atoms with E-state index in [9.17, 15) is 50.2 Å². The molecule has 0 atom stereocenters. The van der Waals surface area contributed by atoms with Crippen LogP contribution in [0.3, 0.4) is 0 Å². The van der Waals surface area contributed by atoms with Gasteiger partial charge in [-0.25, -0.2) is 0 Å². The van der Waals surface area contributed by atoms with Crippen LogP contribution < -0.4 is 50.3 Å². The van der Waals surface area contributed by atoms with Crippen molar-refractivity contribution in [1.29, 1.82) is 0 Å². The number of aliphatic hydroxyl groups is 1. The molecule has 3 aromatic heterocycles. The second-order valence-electron chi connectivity index (χ2n) is 21.6. The molecule has 0 aliphatic carbocycles. The summed E-state index contributed by atoms with van der Waals surface area (Å²) in [6.07, 6.45) is 2.68. The average molecular weight is 1470 g/mol. The molecule has 0 spiro atoms. The Morgan fingerprint density at radius 1 is 0.590 bits per heavy atom. The number of benzene rings is 4. The second kappa shape index (κ2) is 34.1. The lowest BCUT2D eigenvalue weighted by molar-refractivity contribution is -0.120. The van der Waals surface area contributed by atoms with Crippen LogP contribution in [-0.4, -0.2) is 185 Å². The number of aliphatic hydroxyl groups excluding tert-OH is 1. The Morgan fingerprint density at radius 2 is 0.980 bits per heavy atom. The number of carbonyl (C=O) groups is 4. The Kier molecular flexibility index (Phi) is 25.5. The quantitative estimate of drug-likeness (QED) is 0.00530. The van der Waals surface area contributed by atoms with E-state index in [4.69, 9.17) is 54.1 Å². The van der Waals surface area contributed by atoms with Crippen LogP contribution in [-0.2, 0) is 48.9 Å². The topological polar surface area (TPSA) is 409 Å². The van der Waals surface area contributed by atoms with Crippen LogP contribution in [0.5, 0.6) is 11.5 Å². The lowest BCUT2D eigenvalue weighted by Gasteiger charge is -2.27. The maximum absolute atomic E-state index is 13.9. The molecule has 530 valence electrons. The molecule has 2 aliphatic heterocycles. The summed E-state index contributed by atoms with van der Waals surface area (Å²) in [4.78, 5) is 85.8. The number of carbonyl (C=O) groups excluding carboxylic acids is 4. The number of amides is 2. The van der Waals surface area contributed by atoms with Crippen LogP contribution in [0.4, 0.5) is 79.3 Å². The number of nitrogens with zero attached hydrogens (tertiary/aromatic N) is 13. The summed E-state index contributed by atoms with van der Waals surface area (Å²) in [5.74, 6) is -1.40. The van der Waals surface area contributed by atoms with E-state index in [0.29, 0.717) is 134 Å². The molecule has 5 heterocycles. The van der Waals surface area contributed by atoms with Crippen molar-refractivity contribution in [2.45, 2.75) is 56.5 Å². The molecule has 7 aromatic rings. The SMILES string of the molecule is CCN(CC)c1cc(Nc2nc(Nc3cc(N(CC)CC)c(OC)cc3N=Nc3nc(N4CCOCC4)c(/C=C(\C(C)=O)C(=O)Nc4ccccc4S(=O)(=O)O)s3)nc(SCCO)n2)c(N=Nc2nc(N3CCOCC3)c(/C=C(/C(C)=O)C(=O)Nc3ccccc3S(=O)(=O)O)s2)cc1OC. The Bertz CT molecular complexity index is 4250. The molecular weight excluding hydrogens is 1400 g/mol. The first kappa shape index (κ1) is 74.8. The molecule has 32 nitrogen and oxygen atoms in total. The molecule has 0 radical (unpaired) electrons. The minimum atomic E-state index is -4.77. The van der Waals surface area contributed by atoms with Gasteiger partial charge in [0.05, 0.1) is 102 Å². The molecule has 4 aromatic carbocycles. The van der Waals surface area contributed by atoms with Crippen molar-refractivity contribution >= 4 is 169 Å². The van der Waals surface area contributed by atoms with E-state index in [1.54, 1.807) is 24.3 Å². The van der Waals surface area contributed by atoms with E-state index in [1.807, 2.05) is 37.5 Å². The van der Waals surface area contributed by atoms with Crippen molar-refractivity contribution in [2.24, 2.45) is 20.5 Å². The summed E-state index contributed by atoms with van der Waals surface area (Å²) >= 11 is 3.18. The summed E-state index contributed by atoms with van der Waals surface area (Å²) < 4.78 is 91.8. The van der Waals surface area contributed by atoms with E-state index < -0.39 is 53.4 Å². The fourth-order valence-electron chi connectivity index (χ4n) is 10.3. The first-order chi connectivity index (χ1) is 48.0. The fraction of sp³-hybridized carbons (Fsp3) is 0.349. The molecule has 2 amide bonds. The number of nitrogens with one attached hydrogen (secondary N) is 4. The number of methoxy groups -OCH3 is 2. The Hall–Kier alpha value is -9.44. The highest BCUT2D eigenvalue weighted by Gasteiger charge is 2.28. The molecule has 0 saturated carbocycles. The number of aromatic nitrogens is 5. The van der Waals surface area contributed by atoms with Gasteiger partial charge in [-0.15, -0.1) is 20.5 Å². The first-order valence-electron chi connectivity index (χ1n) is 31.2. The summed E-state index contributed by atoms with van der Waals surface area (Å²) in [5.41, 5.74) is 1.25. The van der Waals surface area contributed by atoms with Gasteiger partial charge in [0.25, 0.3) is 32.1 Å². The molecule has 37 heteroatoms. The van der Waals surface area contributed by atoms with Crippen LogP contribution >= 0.6 is 34.4 Å². The van der Waals surface area contributed by atoms with Crippen LogP contribution in [0, 0.1) is 0 Å². The van der Waals surface area contributed by atoms with Crippen molar-refractivity contribution in [3.05, 3.63) is 93.7 Å². The van der Waals surface area contributed by atoms with E-state index in [-0.39, 0.29) is 73.6 Å². The third-order valence-electron chi connectivity index (χ3n) is 15.2. The predicted molar refractivity (Wildman–Crippen MR) is 383 cm³/mol. The summed E-state index contributed by atoms with van der Waals surface area (Å²) in [6, 6.07) is 17.4. The zero-order valence-corrected chi connectivity index (χ0v) is 59.7. The Morgan fingerprint density at radius 3 is 1.33 bits per heavy atom. The maximum Gasteiger partial charge on any atom is 0.296 e. The number of morpholine rings is 2. The lowest BCUT2D eigenvalue weighted by Crippen LogP contribution is -2.36. The average Bonchev–Trinajstić information content (AvgIpc) is 1.78. The predicted octanol–water partition coefficient (Wildman–Crippen LogP) is 10.3. The molecule has 7 N–H and O–H groups in total. The number of para-hydroxylation sites is 2. The summed E-state index contributed by atoms with van der Waals surface area (Å²) in [6.45, 7) is 15.4. The minimum absolute atomic E-state index is 0.0106. The van der Waals surface area contributed by atoms with E-state index in [0.717, 1.165) is 46.6 Å². The van der Waals surface area contributed by atoms with Gasteiger partial charge < -0.3 is 64.9 Å². The number of hydrogen-bond acceptors (Lipinski definition) is 31. The van der Waals surface area contributed by atoms with Crippen molar-refractivity contribution in [3.8, 4) is 11.5 Å². The lowest BCUT2D eigenvalue weighted by atomic mass is 10.1. The highest BCUT2D eigenvalue weighted by Crippen LogP contribution is 2.45. The van der Waals surface area contributed by atoms with E-state index in [1.165, 1.54) is 76.6 Å². The number of rotatable bonds is 31. The van der Waals surface area contributed by atoms with Gasteiger partial charge in [-0.05, 0) is 90.1 Å². The van der Waals surface area contributed by atoms with Gasteiger partial charge in [0.15, 0.2) is 16.7 Å². The van der Waals surface area contributed by atoms with Crippen molar-refractivity contribution in [1.82, 2.24) is 24.9 Å². The number of thiazole rings is 2. The standard InChI is InChI=1S/C63H73N17O15S5/c1-9-77(10-2)47-33-43(45(35-49(47)92-7)73-75-62-68-55(79-21-26-94-27-22-79)51(97-62)31-39(37(5)82)57(84)64-41-17-13-15-19-53(41)99(86,87)88)66-59-70-60(72-61(71-59)96-30-25-81)67-44-34-48(78(11-3)12-4)50(93-8)36-46(44)74-76-63-69-56(80-23-28-95-29-24-80)52(98-63)32-40(38(6)83)58(85)65-42-18-14-16-20-54(42)100(89,90)91/h13-20,31-36,81H,9-12,21-30H2,1-8H3,(H,64,84)(H,65,85)(H,86,87,88)(H,89,90,91)(H2,66,67,70,71,72)/b39-31-,40-32+,75-73?,76-74?. The van der Waals surface area contributed by atoms with Crippen molar-refractivity contribution < 1.29 is 69.2 Å². The summed E-state index contributed by atoms with van der Waals surface area (Å²) in [5, 5.41) is 40.7. The largest absolute Gasteiger partial charge is 0.494 e. The molecule has 0 unspecified atom stereocenters. The molecule has 100 heavy (non-hydrogen) atoms. The number of azo groups is 2. The molecule has 2 fully saturated rings. The number of anilines is 10. The van der Waals surface area contributed by atoms with Gasteiger partial charge in [-0.3, -0.25) is 28.3 Å². The van der Waals surface area contributed by atoms with Gasteiger partial charge in [0, 0.05) is 70.2 Å². The monoisotopic (exact) mass is 1470 g/mol. The molecule has 0 bridgehead atoms. The zero-order valence-electron chi connectivity index (χ0n) is 55.6. The minimum Gasteiger partial charge on any atom is -0.494 e. The van der Waals surface area contributed by atoms with Crippen molar-refractivity contribution in [2.75, 3.05) is 146 Å². The van der Waals surface area contributed by atoms with Crippen molar-refractivity contribution in [3.63, 3.8) is 0 Å². The van der Waals surface area contributed by atoms with Crippen LogP contribution in [0.2, 0.25) is 0 Å². The van der Waals surface area contributed by atoms with E-state index >= 15 is 0 Å². The first-order valence-corrected chi connectivity index (χ1v) is 36.7. The van der Waals surface area contributed by atoms with E-state index in [2.05, 4.69) is 41.3 Å². The molecule has 9 rings (SSSR count). The maximum atomic E-state index is 13.9. The number of thioether (sulfide) groups is 1. The molecular formula is C63H73N17O15S5. The molecule has 2 aliphatic rings. The fourth-order valence-corrected chi connectivity index (χ4v) is 13.9. The van der Waals surface area contributed by atoms with Gasteiger partial charge in [0.1, 0.15) is 44.3 Å². The smallest absolute Gasteiger partial charge is 0.296 e. The number of ketones is 2. The normalized spacial score (nSPS) is 13.9. The number of ether oxygens (including phenoxy) is 4. The second-order valence-corrected chi connectivity index (χ2v) is 27.4. The van der Waals surface area contributed by atoms with Crippen LogP contribution in [0.1, 0.15) is 51.3 Å². The summed E-state index contributed by atoms with van der Waals surface area (Å²) in [7, 11) is -6.49. The van der Waals surface area contributed by atoms with Crippen LogP contribution in [0.25, 0.3) is 12.2 Å². The highest BCUT2D eigenvalue weighted by atomic mass is 32.2. The third kappa shape index (κ3) is 18.7. The van der Waals surface area contributed by atoms with Crippen LogP contribution in [0.15, 0.2) is 119 Å². The number of hydrogen-bond donors (Lipinski definition) is 7. The Labute approximate surface area is 588 Å². The zero-order chi connectivity index (χ0) is 71.8. The van der Waals surface area contributed by atoms with Gasteiger partial charge in [-0.1, -0.05) is 58.7 Å². The van der Waals surface area contributed by atoms with Gasteiger partial charge in [-0.2, -0.15) is 41.8 Å². The third-order valence-corrected chi connectivity index (χ3v) is 19.6. The Balaban J connectivity index is 1.11.